The van der Waals surface area contributed by atoms with Crippen molar-refractivity contribution < 1.29 is 9.59 Å². The van der Waals surface area contributed by atoms with Gasteiger partial charge in [0.25, 0.3) is 5.91 Å². The normalized spacial score (nSPS) is 11.4. The molecule has 0 radical (unpaired) electrons. The van der Waals surface area contributed by atoms with Crippen molar-refractivity contribution in [3.63, 3.8) is 0 Å². The zero-order valence-corrected chi connectivity index (χ0v) is 14.3. The van der Waals surface area contributed by atoms with Crippen molar-refractivity contribution in [2.24, 2.45) is 0 Å². The third-order valence-corrected chi connectivity index (χ3v) is 3.91. The van der Waals surface area contributed by atoms with Crippen LogP contribution in [0.2, 0.25) is 0 Å². The molecule has 5 nitrogen and oxygen atoms in total. The first-order valence-electron chi connectivity index (χ1n) is 8.00. The summed E-state index contributed by atoms with van der Waals surface area (Å²) in [5, 5.41) is 18.7. The Hall–Kier alpha value is -3.08. The Morgan fingerprint density at radius 1 is 0.960 bits per heavy atom. The number of rotatable bonds is 7. The summed E-state index contributed by atoms with van der Waals surface area (Å²) in [5.41, 5.74) is 2.25. The number of carbonyl (C=O) groups excluding carboxylic acids is 2. The lowest BCUT2D eigenvalue weighted by molar-refractivity contribution is -0.115. The molecule has 25 heavy (non-hydrogen) atoms. The number of benzene rings is 2. The molecule has 0 saturated carbocycles. The molecular formula is C20H21N3O2. The first kappa shape index (κ1) is 18.3. The molecule has 0 aliphatic heterocycles. The minimum atomic E-state index is -0.496. The molecule has 1 unspecified atom stereocenters. The molecule has 0 aromatic heterocycles. The number of nitrogens with one attached hydrogen (secondary N) is 3. The Bertz CT molecular complexity index is 795. The molecule has 0 aliphatic rings. The van der Waals surface area contributed by atoms with E-state index in [1.54, 1.807) is 36.4 Å². The van der Waals surface area contributed by atoms with E-state index < -0.39 is 5.91 Å². The van der Waals surface area contributed by atoms with Crippen LogP contribution in [0.5, 0.6) is 0 Å². The van der Waals surface area contributed by atoms with E-state index in [9.17, 15) is 9.59 Å². The monoisotopic (exact) mass is 335 g/mol. The Balaban J connectivity index is 1.95. The first-order valence-corrected chi connectivity index (χ1v) is 8.00. The van der Waals surface area contributed by atoms with E-state index in [0.717, 1.165) is 5.56 Å². The van der Waals surface area contributed by atoms with Gasteiger partial charge in [0, 0.05) is 17.7 Å². The highest BCUT2D eigenvalue weighted by Crippen LogP contribution is 2.14. The van der Waals surface area contributed by atoms with Gasteiger partial charge in [-0.3, -0.25) is 15.0 Å². The van der Waals surface area contributed by atoms with Gasteiger partial charge in [-0.25, -0.2) is 0 Å². The second-order valence-electron chi connectivity index (χ2n) is 5.87. The Morgan fingerprint density at radius 3 is 2.12 bits per heavy atom. The van der Waals surface area contributed by atoms with Gasteiger partial charge in [-0.1, -0.05) is 54.6 Å². The maximum absolute atomic E-state index is 12.2. The van der Waals surface area contributed by atoms with Crippen LogP contribution in [-0.4, -0.2) is 23.1 Å². The Morgan fingerprint density at radius 2 is 1.56 bits per heavy atom. The van der Waals surface area contributed by atoms with Gasteiger partial charge in [0.15, 0.2) is 5.78 Å². The number of hydrogen-bond donors (Lipinski definition) is 3. The fraction of sp³-hybridized carbons (Fsp3) is 0.200. The lowest BCUT2D eigenvalue weighted by Gasteiger charge is -2.15. The zero-order chi connectivity index (χ0) is 18.4. The van der Waals surface area contributed by atoms with Crippen molar-refractivity contribution in [1.29, 1.82) is 10.8 Å². The standard InChI is InChI=1S/C20H21N3O2/c1-13(15-8-10-16(11-9-15)14(2)24)23-20(25)19(22)12-18(21)17-6-4-3-5-7-17/h3-11,13,21-22H,12H2,1-2H3,(H,23,25). The molecule has 2 aromatic carbocycles. The lowest BCUT2D eigenvalue weighted by atomic mass is 10.0. The van der Waals surface area contributed by atoms with Crippen LogP contribution in [0.15, 0.2) is 54.6 Å². The van der Waals surface area contributed by atoms with Crippen molar-refractivity contribution in [3.8, 4) is 0 Å². The summed E-state index contributed by atoms with van der Waals surface area (Å²) in [5.74, 6) is -0.506. The minimum absolute atomic E-state index is 0.00978. The number of carbonyl (C=O) groups is 2. The molecule has 2 aromatic rings. The van der Waals surface area contributed by atoms with E-state index >= 15 is 0 Å². The van der Waals surface area contributed by atoms with E-state index in [2.05, 4.69) is 5.32 Å². The molecule has 0 spiro atoms. The Kier molecular flexibility index (Phi) is 5.95. The highest BCUT2D eigenvalue weighted by atomic mass is 16.2. The smallest absolute Gasteiger partial charge is 0.265 e. The summed E-state index contributed by atoms with van der Waals surface area (Å²) in [6.07, 6.45) is -0.0220. The molecule has 0 heterocycles. The molecule has 0 saturated heterocycles. The Labute approximate surface area is 147 Å². The van der Waals surface area contributed by atoms with Crippen LogP contribution in [0.4, 0.5) is 0 Å². The highest BCUT2D eigenvalue weighted by Gasteiger charge is 2.16. The van der Waals surface area contributed by atoms with Crippen molar-refractivity contribution in [1.82, 2.24) is 5.32 Å². The van der Waals surface area contributed by atoms with Gasteiger partial charge in [0.2, 0.25) is 0 Å². The maximum atomic E-state index is 12.2. The molecule has 128 valence electrons. The third-order valence-electron chi connectivity index (χ3n) is 3.91. The van der Waals surface area contributed by atoms with Crippen LogP contribution in [0.25, 0.3) is 0 Å². The summed E-state index contributed by atoms with van der Waals surface area (Å²) >= 11 is 0. The van der Waals surface area contributed by atoms with Gasteiger partial charge in [0.05, 0.1) is 6.04 Å². The van der Waals surface area contributed by atoms with E-state index in [0.29, 0.717) is 11.1 Å². The second-order valence-corrected chi connectivity index (χ2v) is 5.87. The SMILES string of the molecule is CC(=O)c1ccc(C(C)NC(=O)C(=N)CC(=N)c2ccccc2)cc1. The first-order chi connectivity index (χ1) is 11.9. The van der Waals surface area contributed by atoms with E-state index in [1.807, 2.05) is 25.1 Å². The van der Waals surface area contributed by atoms with Gasteiger partial charge in [-0.15, -0.1) is 0 Å². The topological polar surface area (TPSA) is 93.9 Å². The summed E-state index contributed by atoms with van der Waals surface area (Å²) < 4.78 is 0. The zero-order valence-electron chi connectivity index (χ0n) is 14.3. The van der Waals surface area contributed by atoms with E-state index in [1.165, 1.54) is 6.92 Å². The number of ketones is 1. The molecule has 1 amide bonds. The largest absolute Gasteiger partial charge is 0.344 e. The fourth-order valence-electron chi connectivity index (χ4n) is 2.37. The molecule has 0 aliphatic carbocycles. The van der Waals surface area contributed by atoms with Crippen LogP contribution >= 0.6 is 0 Å². The average Bonchev–Trinajstić information content (AvgIpc) is 2.62. The van der Waals surface area contributed by atoms with Gasteiger partial charge in [0.1, 0.15) is 5.71 Å². The van der Waals surface area contributed by atoms with Gasteiger partial charge in [-0.05, 0) is 25.0 Å². The van der Waals surface area contributed by atoms with Crippen molar-refractivity contribution in [2.75, 3.05) is 0 Å². The molecule has 5 heteroatoms. The summed E-state index contributed by atoms with van der Waals surface area (Å²) in [7, 11) is 0. The van der Waals surface area contributed by atoms with Gasteiger partial charge < -0.3 is 10.7 Å². The molecule has 3 N–H and O–H groups in total. The van der Waals surface area contributed by atoms with Crippen LogP contribution in [0.3, 0.4) is 0 Å². The van der Waals surface area contributed by atoms with Crippen molar-refractivity contribution in [2.45, 2.75) is 26.3 Å². The van der Waals surface area contributed by atoms with Crippen molar-refractivity contribution >= 4 is 23.1 Å². The number of hydrogen-bond acceptors (Lipinski definition) is 4. The van der Waals surface area contributed by atoms with Gasteiger partial charge in [-0.2, -0.15) is 0 Å². The number of amides is 1. The average molecular weight is 335 g/mol. The molecular weight excluding hydrogens is 314 g/mol. The van der Waals surface area contributed by atoms with Crippen molar-refractivity contribution in [3.05, 3.63) is 71.3 Å². The summed E-state index contributed by atoms with van der Waals surface area (Å²) in [4.78, 5) is 23.5. The lowest BCUT2D eigenvalue weighted by Crippen LogP contribution is -2.33. The van der Waals surface area contributed by atoms with E-state index in [4.69, 9.17) is 10.8 Å². The predicted octanol–water partition coefficient (Wildman–Crippen LogP) is 3.54. The predicted molar refractivity (Wildman–Crippen MR) is 98.6 cm³/mol. The molecule has 0 bridgehead atoms. The van der Waals surface area contributed by atoms with Crippen LogP contribution < -0.4 is 5.32 Å². The van der Waals surface area contributed by atoms with Gasteiger partial charge >= 0.3 is 0 Å². The molecule has 2 rings (SSSR count). The summed E-state index contributed by atoms with van der Waals surface area (Å²) in [6, 6.07) is 15.8. The second kappa shape index (κ2) is 8.15. The maximum Gasteiger partial charge on any atom is 0.265 e. The molecule has 0 fully saturated rings. The number of Topliss-reactive ketones (excluding diaryl/α,β-unsaturated/α-hetero) is 1. The molecule has 1 atom stereocenters. The van der Waals surface area contributed by atoms with E-state index in [-0.39, 0.29) is 29.7 Å². The van der Waals surface area contributed by atoms with Crippen LogP contribution in [0, 0.1) is 10.8 Å². The van der Waals surface area contributed by atoms with Crippen LogP contribution in [0.1, 0.15) is 47.8 Å². The summed E-state index contributed by atoms with van der Waals surface area (Å²) in [6.45, 7) is 3.32. The third kappa shape index (κ3) is 4.94. The minimum Gasteiger partial charge on any atom is -0.344 e. The van der Waals surface area contributed by atoms with Crippen LogP contribution in [-0.2, 0) is 4.79 Å². The quantitative estimate of drug-likeness (QED) is 0.533. The fourth-order valence-corrected chi connectivity index (χ4v) is 2.37. The highest BCUT2D eigenvalue weighted by molar-refractivity contribution is 6.41.